The molecule has 40 heavy (non-hydrogen) atoms. The molecule has 1 saturated carbocycles. The van der Waals surface area contributed by atoms with E-state index in [-0.39, 0.29) is 35.3 Å². The minimum Gasteiger partial charge on any atom is -0.494 e. The molecule has 2 aromatic rings. The Balaban J connectivity index is 1.88. The monoisotopic (exact) mass is 559 g/mol. The molecule has 0 spiro atoms. The number of carbonyl (C=O) groups is 1. The third-order valence-electron chi connectivity index (χ3n) is 6.37. The van der Waals surface area contributed by atoms with E-state index in [0.717, 1.165) is 30.5 Å². The van der Waals surface area contributed by atoms with Crippen LogP contribution in [0.25, 0.3) is 0 Å². The smallest absolute Gasteiger partial charge is 0.416 e. The summed E-state index contributed by atoms with van der Waals surface area (Å²) in [6, 6.07) is 6.93. The number of nitrogens with two attached hydrogens (primary N) is 2. The fraction of sp³-hybridized carbons (Fsp3) is 0.357. The third kappa shape index (κ3) is 7.99. The zero-order chi connectivity index (χ0) is 29.6. The maximum atomic E-state index is 13.7. The number of ether oxygens (including phenoxy) is 1. The summed E-state index contributed by atoms with van der Waals surface area (Å²) >= 11 is 0. The molecule has 0 aromatic heterocycles. The van der Waals surface area contributed by atoms with Crippen LogP contribution in [0.1, 0.15) is 46.8 Å². The Bertz CT molecular complexity index is 1300. The van der Waals surface area contributed by atoms with E-state index in [1.54, 1.807) is 31.1 Å². The second-order valence-electron chi connectivity index (χ2n) is 9.56. The van der Waals surface area contributed by atoms with Crippen molar-refractivity contribution < 1.29 is 22.7 Å². The number of nitrogens with zero attached hydrogens (tertiary/aromatic N) is 3. The highest BCUT2D eigenvalue weighted by Crippen LogP contribution is 2.38. The molecule has 0 atom stereocenters. The number of halogens is 3. The van der Waals surface area contributed by atoms with Crippen LogP contribution in [-0.4, -0.2) is 43.9 Å². The number of allylic oxidation sites excluding steroid dienone is 1. The average molecular weight is 560 g/mol. The molecular weight excluding hydrogens is 523 g/mol. The minimum absolute atomic E-state index is 0.0848. The first-order valence-corrected chi connectivity index (χ1v) is 12.7. The highest BCUT2D eigenvalue weighted by Gasteiger charge is 2.33. The zero-order valence-corrected chi connectivity index (χ0v) is 23.1. The van der Waals surface area contributed by atoms with Crippen LogP contribution in [0.15, 0.2) is 59.5 Å². The van der Waals surface area contributed by atoms with Gasteiger partial charge in [0, 0.05) is 49.1 Å². The average Bonchev–Trinajstić information content (AvgIpc) is 3.74. The van der Waals surface area contributed by atoms with Crippen molar-refractivity contribution in [2.45, 2.75) is 45.5 Å². The summed E-state index contributed by atoms with van der Waals surface area (Å²) in [6.07, 6.45) is 0.287. The largest absolute Gasteiger partial charge is 0.494 e. The van der Waals surface area contributed by atoms with E-state index in [4.69, 9.17) is 16.3 Å². The predicted molar refractivity (Wildman–Crippen MR) is 152 cm³/mol. The summed E-state index contributed by atoms with van der Waals surface area (Å²) in [5.74, 6) is 5.76. The van der Waals surface area contributed by atoms with Crippen LogP contribution in [0.4, 0.5) is 24.5 Å². The first-order chi connectivity index (χ1) is 18.8. The van der Waals surface area contributed by atoms with E-state index in [0.29, 0.717) is 23.4 Å². The second kappa shape index (κ2) is 12.9. The summed E-state index contributed by atoms with van der Waals surface area (Å²) in [7, 11) is 3.16. The van der Waals surface area contributed by atoms with Crippen molar-refractivity contribution in [2.24, 2.45) is 16.7 Å². The standard InChI is InChI=1S/C28H36F3N7O2/c1-6-37(4)35-14-18(3)23(32)16-38(33)25-12-19(8-7-17(25)2)27(39)36-24-13-21(28(29,30)31)11-20(26(24)40-5)15-34-22-9-10-22/h7-8,11-14,16,22,34H,3,6,9-10,15,32-33H2,1-2,4-5H3,(H,36,39)/b23-16-,35-14-. The van der Waals surface area contributed by atoms with Crippen molar-refractivity contribution in [3.63, 3.8) is 0 Å². The molecule has 0 radical (unpaired) electrons. The number of hydrazone groups is 1. The Morgan fingerprint density at radius 3 is 2.58 bits per heavy atom. The van der Waals surface area contributed by atoms with Gasteiger partial charge in [0.15, 0.2) is 0 Å². The lowest BCUT2D eigenvalue weighted by atomic mass is 10.1. The van der Waals surface area contributed by atoms with E-state index in [1.807, 2.05) is 6.92 Å². The van der Waals surface area contributed by atoms with Crippen molar-refractivity contribution in [1.29, 1.82) is 0 Å². The van der Waals surface area contributed by atoms with Crippen molar-refractivity contribution in [3.8, 4) is 5.75 Å². The Labute approximate surface area is 232 Å². The first-order valence-electron chi connectivity index (χ1n) is 12.7. The van der Waals surface area contributed by atoms with Crippen molar-refractivity contribution in [3.05, 3.63) is 76.6 Å². The van der Waals surface area contributed by atoms with Gasteiger partial charge in [0.05, 0.1) is 36.0 Å². The van der Waals surface area contributed by atoms with Crippen LogP contribution in [0, 0.1) is 6.92 Å². The van der Waals surface area contributed by atoms with Gasteiger partial charge in [0.1, 0.15) is 5.75 Å². The van der Waals surface area contributed by atoms with Gasteiger partial charge in [-0.25, -0.2) is 5.84 Å². The Kier molecular flexibility index (Phi) is 9.83. The van der Waals surface area contributed by atoms with Crippen LogP contribution in [-0.2, 0) is 12.7 Å². The molecule has 3 rings (SSSR count). The normalized spacial score (nSPS) is 13.8. The second-order valence-corrected chi connectivity index (χ2v) is 9.56. The number of aryl methyl sites for hydroxylation is 1. The molecule has 0 unspecified atom stereocenters. The van der Waals surface area contributed by atoms with Crippen LogP contribution in [0.5, 0.6) is 5.75 Å². The highest BCUT2D eigenvalue weighted by molar-refractivity contribution is 6.06. The Morgan fingerprint density at radius 2 is 1.98 bits per heavy atom. The Hall–Kier alpha value is -4.03. The van der Waals surface area contributed by atoms with Gasteiger partial charge >= 0.3 is 6.18 Å². The molecule has 1 amide bonds. The molecule has 216 valence electrons. The number of hydrazine groups is 1. The fourth-order valence-corrected chi connectivity index (χ4v) is 3.71. The molecule has 0 saturated heterocycles. The van der Waals surface area contributed by atoms with Gasteiger partial charge < -0.3 is 26.1 Å². The molecule has 0 aliphatic heterocycles. The number of rotatable bonds is 12. The molecule has 1 aliphatic rings. The molecular formula is C28H36F3N7O2. The third-order valence-corrected chi connectivity index (χ3v) is 6.37. The van der Waals surface area contributed by atoms with Gasteiger partial charge in [-0.2, -0.15) is 18.3 Å². The van der Waals surface area contributed by atoms with Gasteiger partial charge in [-0.1, -0.05) is 12.6 Å². The predicted octanol–water partition coefficient (Wildman–Crippen LogP) is 4.50. The maximum absolute atomic E-state index is 13.7. The van der Waals surface area contributed by atoms with E-state index < -0.39 is 17.6 Å². The number of hydrogen-bond acceptors (Lipinski definition) is 8. The number of benzene rings is 2. The summed E-state index contributed by atoms with van der Waals surface area (Å²) < 4.78 is 46.5. The topological polar surface area (TPSA) is 121 Å². The number of alkyl halides is 3. The first kappa shape index (κ1) is 30.5. The lowest BCUT2D eigenvalue weighted by Gasteiger charge is -2.20. The molecule has 1 fully saturated rings. The van der Waals surface area contributed by atoms with Gasteiger partial charge in [-0.05, 0) is 56.5 Å². The van der Waals surface area contributed by atoms with Crippen LogP contribution >= 0.6 is 0 Å². The van der Waals surface area contributed by atoms with Crippen LogP contribution in [0.2, 0.25) is 0 Å². The number of anilines is 2. The molecule has 9 nitrogen and oxygen atoms in total. The molecule has 6 N–H and O–H groups in total. The van der Waals surface area contributed by atoms with Crippen molar-refractivity contribution in [2.75, 3.05) is 31.0 Å². The van der Waals surface area contributed by atoms with Crippen LogP contribution in [0.3, 0.4) is 0 Å². The van der Waals surface area contributed by atoms with E-state index in [9.17, 15) is 18.0 Å². The lowest BCUT2D eigenvalue weighted by molar-refractivity contribution is -0.137. The number of methoxy groups -OCH3 is 1. The fourth-order valence-electron chi connectivity index (χ4n) is 3.71. The molecule has 0 heterocycles. The number of amides is 1. The van der Waals surface area contributed by atoms with E-state index in [2.05, 4.69) is 22.3 Å². The minimum atomic E-state index is -4.61. The molecule has 0 bridgehead atoms. The summed E-state index contributed by atoms with van der Waals surface area (Å²) in [5.41, 5.74) is 7.50. The molecule has 12 heteroatoms. The van der Waals surface area contributed by atoms with E-state index >= 15 is 0 Å². The Morgan fingerprint density at radius 1 is 1.27 bits per heavy atom. The number of hydrogen-bond donors (Lipinski definition) is 4. The summed E-state index contributed by atoms with van der Waals surface area (Å²) in [6.45, 7) is 8.50. The SMILES string of the molecule is C=C(/C=N\N(C)CC)/C(N)=C/N(N)c1cc(C(=O)Nc2cc(C(F)(F)F)cc(CNC3CC3)c2OC)ccc1C. The number of carbonyl (C=O) groups excluding carboxylic acids is 1. The summed E-state index contributed by atoms with van der Waals surface area (Å²) in [4.78, 5) is 13.2. The maximum Gasteiger partial charge on any atom is 0.416 e. The van der Waals surface area contributed by atoms with Crippen LogP contribution < -0.4 is 32.0 Å². The van der Waals surface area contributed by atoms with Gasteiger partial charge in [0.2, 0.25) is 0 Å². The quantitative estimate of drug-likeness (QED) is 0.131. The van der Waals surface area contributed by atoms with Gasteiger partial charge in [0.25, 0.3) is 5.91 Å². The van der Waals surface area contributed by atoms with Crippen molar-refractivity contribution >= 4 is 23.5 Å². The van der Waals surface area contributed by atoms with Crippen molar-refractivity contribution in [1.82, 2.24) is 10.3 Å². The molecule has 1 aliphatic carbocycles. The van der Waals surface area contributed by atoms with Gasteiger partial charge in [-0.3, -0.25) is 9.80 Å². The van der Waals surface area contributed by atoms with E-state index in [1.165, 1.54) is 30.6 Å². The highest BCUT2D eigenvalue weighted by atomic mass is 19.4. The number of nitrogens with one attached hydrogen (secondary N) is 2. The molecule has 2 aromatic carbocycles. The zero-order valence-electron chi connectivity index (χ0n) is 23.1. The lowest BCUT2D eigenvalue weighted by Crippen LogP contribution is -2.27. The summed E-state index contributed by atoms with van der Waals surface area (Å²) in [5, 5.41) is 12.9. The van der Waals surface area contributed by atoms with Gasteiger partial charge in [-0.15, -0.1) is 0 Å².